The van der Waals surface area contributed by atoms with Gasteiger partial charge >= 0.3 is 88.7 Å². The molecule has 2 N–H and O–H groups in total. The molecule has 0 spiro atoms. The Morgan fingerprint density at radius 1 is 0.743 bits per heavy atom. The molecule has 0 amide bonds. The van der Waals surface area contributed by atoms with E-state index in [0.29, 0.717) is 18.2 Å². The van der Waals surface area contributed by atoms with Gasteiger partial charge in [0.1, 0.15) is 30.9 Å². The van der Waals surface area contributed by atoms with Crippen LogP contribution in [-0.4, -0.2) is 44.0 Å². The van der Waals surface area contributed by atoms with Crippen LogP contribution in [0.4, 0.5) is 11.4 Å². The molecular formula is C16H9N2Na3O11S3. The van der Waals surface area contributed by atoms with Crippen LogP contribution in [0.2, 0.25) is 0 Å². The second-order valence-corrected chi connectivity index (χ2v) is 10.3. The predicted molar refractivity (Wildman–Crippen MR) is 101 cm³/mol. The second-order valence-electron chi connectivity index (χ2n) is 6.17. The van der Waals surface area contributed by atoms with Gasteiger partial charge in [0.25, 0.3) is 10.1 Å². The summed E-state index contributed by atoms with van der Waals surface area (Å²) in [6.07, 6.45) is 0. The van der Waals surface area contributed by atoms with Crippen molar-refractivity contribution >= 4 is 52.5 Å². The van der Waals surface area contributed by atoms with Gasteiger partial charge in [-0.1, -0.05) is 5.75 Å². The molecule has 13 nitrogen and oxygen atoms in total. The Morgan fingerprint density at radius 3 is 1.71 bits per heavy atom. The van der Waals surface area contributed by atoms with Crippen molar-refractivity contribution in [2.75, 3.05) is 0 Å². The second kappa shape index (κ2) is 12.6. The van der Waals surface area contributed by atoms with Gasteiger partial charge in [-0.25, -0.2) is 16.8 Å². The summed E-state index contributed by atoms with van der Waals surface area (Å²) in [7, 11) is -14.9. The SMILES string of the molecule is O=S(=O)([O-])c1ccc(N=Nc2c(S(=O)(=O)O)cc3cc(S(=O)(=O)[O-])cc(O)c3c2[O-])cc1.[Na+].[Na+].[Na+]. The third kappa shape index (κ3) is 8.17. The fourth-order valence-electron chi connectivity index (χ4n) is 2.65. The topological polar surface area (TPSA) is 237 Å². The molecule has 35 heavy (non-hydrogen) atoms. The van der Waals surface area contributed by atoms with Gasteiger partial charge < -0.3 is 19.3 Å². The largest absolute Gasteiger partial charge is 1.00 e. The van der Waals surface area contributed by atoms with Crippen LogP contribution in [0.15, 0.2) is 67.4 Å². The number of phenols is 1. The van der Waals surface area contributed by atoms with Crippen molar-refractivity contribution in [3.05, 3.63) is 42.5 Å². The van der Waals surface area contributed by atoms with Gasteiger partial charge in [0.2, 0.25) is 0 Å². The molecule has 0 aliphatic carbocycles. The first-order chi connectivity index (χ1) is 14.6. The first-order valence-corrected chi connectivity index (χ1v) is 12.3. The zero-order chi connectivity index (χ0) is 24.1. The van der Waals surface area contributed by atoms with Crippen LogP contribution in [0.1, 0.15) is 0 Å². The standard InChI is InChI=1S/C16H12N2O11S3.3Na/c19-12-7-11(31(24,25)26)5-8-6-13(32(27,28)29)15(16(20)14(8)12)18-17-9-1-3-10(4-2-9)30(21,22)23;;;/h1-7,19-20H,(H,21,22,23)(H,24,25,26)(H,27,28,29);;;/q;3*+1/p-3. The predicted octanol–water partition coefficient (Wildman–Crippen LogP) is -7.90. The molecule has 0 aliphatic heterocycles. The van der Waals surface area contributed by atoms with Crippen LogP contribution >= 0.6 is 0 Å². The van der Waals surface area contributed by atoms with Crippen molar-refractivity contribution in [2.45, 2.75) is 14.7 Å². The fourth-order valence-corrected chi connectivity index (χ4v) is 4.30. The van der Waals surface area contributed by atoms with Crippen LogP contribution in [0, 0.1) is 0 Å². The average Bonchev–Trinajstić information content (AvgIpc) is 2.64. The third-order valence-corrected chi connectivity index (χ3v) is 6.57. The number of hydrogen-bond donors (Lipinski definition) is 2. The van der Waals surface area contributed by atoms with E-state index in [2.05, 4.69) is 10.2 Å². The maximum atomic E-state index is 12.7. The van der Waals surface area contributed by atoms with Crippen molar-refractivity contribution in [3.8, 4) is 11.5 Å². The zero-order valence-corrected chi connectivity index (χ0v) is 26.7. The van der Waals surface area contributed by atoms with Crippen LogP contribution in [0.25, 0.3) is 10.8 Å². The summed E-state index contributed by atoms with van der Waals surface area (Å²) in [6, 6.07) is 5.55. The summed E-state index contributed by atoms with van der Waals surface area (Å²) < 4.78 is 99.4. The van der Waals surface area contributed by atoms with Crippen LogP contribution in [0.5, 0.6) is 11.5 Å². The summed E-state index contributed by atoms with van der Waals surface area (Å²) >= 11 is 0. The van der Waals surface area contributed by atoms with Gasteiger partial charge in [-0.05, 0) is 47.9 Å². The summed E-state index contributed by atoms with van der Waals surface area (Å²) in [5.41, 5.74) is -1.08. The smallest absolute Gasteiger partial charge is 0.870 e. The third-order valence-electron chi connectivity index (χ3n) is 4.04. The summed E-state index contributed by atoms with van der Waals surface area (Å²) in [6.45, 7) is 0. The summed E-state index contributed by atoms with van der Waals surface area (Å²) in [4.78, 5) is -2.64. The van der Waals surface area contributed by atoms with E-state index in [1.165, 1.54) is 0 Å². The molecule has 0 aliphatic rings. The van der Waals surface area contributed by atoms with E-state index in [9.17, 15) is 49.1 Å². The van der Waals surface area contributed by atoms with Crippen LogP contribution < -0.4 is 93.8 Å². The van der Waals surface area contributed by atoms with E-state index < -0.39 is 73.0 Å². The van der Waals surface area contributed by atoms with Crippen molar-refractivity contribution in [1.82, 2.24) is 0 Å². The van der Waals surface area contributed by atoms with E-state index >= 15 is 0 Å². The Balaban J connectivity index is 0.00000385. The number of aromatic hydroxyl groups is 1. The van der Waals surface area contributed by atoms with Gasteiger partial charge in [-0.15, -0.1) is 5.11 Å². The molecule has 0 saturated carbocycles. The normalized spacial score (nSPS) is 12.0. The van der Waals surface area contributed by atoms with Crippen LogP contribution in [-0.2, 0) is 30.4 Å². The van der Waals surface area contributed by atoms with E-state index in [1.807, 2.05) is 0 Å². The molecule has 0 fully saturated rings. The van der Waals surface area contributed by atoms with E-state index in [1.54, 1.807) is 0 Å². The Kier molecular flexibility index (Phi) is 12.5. The van der Waals surface area contributed by atoms with Crippen molar-refractivity contribution in [2.24, 2.45) is 10.2 Å². The Morgan fingerprint density at radius 2 is 1.26 bits per heavy atom. The number of hydrogen-bond acceptors (Lipinski definition) is 12. The molecule has 0 saturated heterocycles. The molecule has 3 aromatic rings. The van der Waals surface area contributed by atoms with E-state index in [4.69, 9.17) is 0 Å². The number of rotatable bonds is 5. The minimum absolute atomic E-state index is 0. The molecule has 0 aromatic heterocycles. The van der Waals surface area contributed by atoms with Gasteiger partial charge in [0, 0.05) is 5.39 Å². The first-order valence-electron chi connectivity index (χ1n) is 8.01. The summed E-state index contributed by atoms with van der Waals surface area (Å²) in [5, 5.41) is 28.7. The maximum absolute atomic E-state index is 12.7. The van der Waals surface area contributed by atoms with Crippen LogP contribution in [0.3, 0.4) is 0 Å². The monoisotopic (exact) mass is 570 g/mol. The molecule has 3 aromatic carbocycles. The molecule has 0 radical (unpaired) electrons. The van der Waals surface area contributed by atoms with Crippen molar-refractivity contribution < 1.29 is 138 Å². The maximum Gasteiger partial charge on any atom is 1.00 e. The van der Waals surface area contributed by atoms with Gasteiger partial charge in [-0.2, -0.15) is 13.5 Å². The minimum Gasteiger partial charge on any atom is -0.870 e. The zero-order valence-electron chi connectivity index (χ0n) is 18.2. The number of benzene rings is 3. The Hall–Kier alpha value is -0.150. The number of azo groups is 1. The molecular weight excluding hydrogens is 561 g/mol. The number of nitrogens with zero attached hydrogens (tertiary/aromatic N) is 2. The molecule has 3 rings (SSSR count). The molecule has 19 heteroatoms. The molecule has 0 atom stereocenters. The van der Waals surface area contributed by atoms with Crippen molar-refractivity contribution in [3.63, 3.8) is 0 Å². The molecule has 0 bridgehead atoms. The molecule has 170 valence electrons. The summed E-state index contributed by atoms with van der Waals surface area (Å²) in [5.74, 6) is -2.24. The Bertz CT molecular complexity index is 1610. The van der Waals surface area contributed by atoms with E-state index in [-0.39, 0.29) is 94.4 Å². The van der Waals surface area contributed by atoms with Gasteiger partial charge in [-0.3, -0.25) is 4.55 Å². The van der Waals surface area contributed by atoms with Gasteiger partial charge in [0.15, 0.2) is 0 Å². The quantitative estimate of drug-likeness (QED) is 0.166. The number of fused-ring (bicyclic) bond motifs is 1. The first kappa shape index (κ1) is 34.9. The molecule has 0 unspecified atom stereocenters. The fraction of sp³-hybridized carbons (Fsp3) is 0. The van der Waals surface area contributed by atoms with E-state index in [0.717, 1.165) is 24.3 Å². The van der Waals surface area contributed by atoms with Crippen molar-refractivity contribution in [1.29, 1.82) is 0 Å². The van der Waals surface area contributed by atoms with Gasteiger partial charge in [0.05, 0.1) is 21.2 Å². The minimum atomic E-state index is -5.12. The Labute approximate surface area is 265 Å². The molecule has 0 heterocycles. The number of phenolic OH excluding ortho intramolecular Hbond substituents is 1. The average molecular weight is 570 g/mol.